The number of fused-ring (bicyclic) bond motifs is 1. The van der Waals surface area contributed by atoms with Crippen LogP contribution < -0.4 is 16.4 Å². The van der Waals surface area contributed by atoms with Crippen LogP contribution in [0.4, 0.5) is 5.82 Å². The van der Waals surface area contributed by atoms with E-state index in [1.165, 1.54) is 0 Å². The van der Waals surface area contributed by atoms with Crippen LogP contribution in [0.2, 0.25) is 0 Å². The lowest BCUT2D eigenvalue weighted by Gasteiger charge is -2.25. The SMILES string of the molecule is C.CC(C)(N)C(=O)N[C@H](COCc1ccccc1)C(=O)Nc1cn(C(C(=O)N2CCCC2)c2cccc3ccccc23)cn1. The van der Waals surface area contributed by atoms with Gasteiger partial charge in [-0.05, 0) is 48.6 Å². The minimum atomic E-state index is -1.19. The maximum atomic E-state index is 13.9. The average molecular weight is 599 g/mol. The number of ether oxygens (including phenoxy) is 1. The Hall–Kier alpha value is -4.54. The number of amides is 3. The van der Waals surface area contributed by atoms with Gasteiger partial charge in [-0.2, -0.15) is 0 Å². The summed E-state index contributed by atoms with van der Waals surface area (Å²) in [6.45, 7) is 4.74. The van der Waals surface area contributed by atoms with Gasteiger partial charge in [-0.25, -0.2) is 4.98 Å². The van der Waals surface area contributed by atoms with Gasteiger partial charge in [-0.15, -0.1) is 0 Å². The first kappa shape index (κ1) is 32.4. The lowest BCUT2D eigenvalue weighted by molar-refractivity contribution is -0.132. The number of imidazole rings is 1. The smallest absolute Gasteiger partial charge is 0.250 e. The molecule has 2 atom stereocenters. The van der Waals surface area contributed by atoms with Gasteiger partial charge in [0.1, 0.15) is 12.1 Å². The Bertz CT molecular complexity index is 1570. The third-order valence-electron chi connectivity index (χ3n) is 7.52. The van der Waals surface area contributed by atoms with E-state index in [1.807, 2.05) is 77.7 Å². The first-order valence-electron chi connectivity index (χ1n) is 14.5. The standard InChI is InChI=1S/C33H38N6O4.CH4/c1-33(2,34)32(42)36-27(21-43-20-23-11-4-3-5-12-23)30(40)37-28-19-39(22-35-28)29(31(41)38-17-8-9-18-38)26-16-10-14-24-13-6-7-15-25(24)26;/h3-7,10-16,19,22,27,29H,8-9,17-18,20-21,34H2,1-2H3,(H,36,42)(H,37,40);1H4/t27-,29?;/m1./s1. The van der Waals surface area contributed by atoms with Gasteiger partial charge in [0.25, 0.3) is 5.91 Å². The third-order valence-corrected chi connectivity index (χ3v) is 7.52. The summed E-state index contributed by atoms with van der Waals surface area (Å²) in [5.41, 5.74) is 6.58. The van der Waals surface area contributed by atoms with Gasteiger partial charge in [-0.3, -0.25) is 14.4 Å². The van der Waals surface area contributed by atoms with Crippen molar-refractivity contribution in [2.24, 2.45) is 5.73 Å². The number of carbonyl (C=O) groups is 3. The summed E-state index contributed by atoms with van der Waals surface area (Å²) in [4.78, 5) is 46.3. The molecule has 0 bridgehead atoms. The predicted octanol–water partition coefficient (Wildman–Crippen LogP) is 4.26. The number of benzene rings is 3. The number of nitrogens with two attached hydrogens (primary N) is 1. The number of aromatic nitrogens is 2. The fourth-order valence-electron chi connectivity index (χ4n) is 5.17. The topological polar surface area (TPSA) is 132 Å². The highest BCUT2D eigenvalue weighted by molar-refractivity contribution is 5.98. The lowest BCUT2D eigenvalue weighted by Crippen LogP contribution is -2.56. The van der Waals surface area contributed by atoms with E-state index in [1.54, 1.807) is 30.9 Å². The second kappa shape index (κ2) is 14.3. The molecule has 10 heteroatoms. The molecule has 2 heterocycles. The fourth-order valence-corrected chi connectivity index (χ4v) is 5.17. The molecule has 3 aromatic carbocycles. The van der Waals surface area contributed by atoms with Crippen molar-refractivity contribution in [3.05, 3.63) is 96.4 Å². The maximum absolute atomic E-state index is 13.9. The highest BCUT2D eigenvalue weighted by Gasteiger charge is 2.32. The number of carbonyl (C=O) groups excluding carboxylic acids is 3. The summed E-state index contributed by atoms with van der Waals surface area (Å²) in [5.74, 6) is -0.773. The highest BCUT2D eigenvalue weighted by Crippen LogP contribution is 2.30. The number of nitrogens with zero attached hydrogens (tertiary/aromatic N) is 3. The second-order valence-corrected chi connectivity index (χ2v) is 11.4. The van der Waals surface area contributed by atoms with Crippen molar-refractivity contribution < 1.29 is 19.1 Å². The van der Waals surface area contributed by atoms with Crippen molar-refractivity contribution in [1.82, 2.24) is 19.8 Å². The monoisotopic (exact) mass is 598 g/mol. The molecule has 1 aliphatic rings. The van der Waals surface area contributed by atoms with Crippen LogP contribution in [0.1, 0.15) is 51.3 Å². The van der Waals surface area contributed by atoms with Gasteiger partial charge in [0, 0.05) is 19.3 Å². The normalized spacial score (nSPS) is 14.5. The molecule has 232 valence electrons. The molecule has 1 aromatic heterocycles. The molecule has 3 amide bonds. The van der Waals surface area contributed by atoms with Crippen LogP contribution in [0.15, 0.2) is 85.3 Å². The fraction of sp³-hybridized carbons (Fsp3) is 0.353. The van der Waals surface area contributed by atoms with Crippen LogP contribution in [0.5, 0.6) is 0 Å². The van der Waals surface area contributed by atoms with E-state index in [2.05, 4.69) is 15.6 Å². The largest absolute Gasteiger partial charge is 0.374 e. The summed E-state index contributed by atoms with van der Waals surface area (Å²) in [6, 6.07) is 21.7. The van der Waals surface area contributed by atoms with E-state index in [4.69, 9.17) is 10.5 Å². The molecule has 4 N–H and O–H groups in total. The molecular formula is C34H42N6O4. The summed E-state index contributed by atoms with van der Waals surface area (Å²) < 4.78 is 7.53. The van der Waals surface area contributed by atoms with Gasteiger partial charge in [-0.1, -0.05) is 80.2 Å². The Morgan fingerprint density at radius 3 is 2.39 bits per heavy atom. The molecule has 1 aliphatic heterocycles. The van der Waals surface area contributed by atoms with Crippen molar-refractivity contribution in [2.75, 3.05) is 25.0 Å². The Kier molecular flexibility index (Phi) is 10.5. The highest BCUT2D eigenvalue weighted by atomic mass is 16.5. The molecule has 1 saturated heterocycles. The van der Waals surface area contributed by atoms with Gasteiger partial charge >= 0.3 is 0 Å². The number of rotatable bonds is 11. The molecule has 10 nitrogen and oxygen atoms in total. The van der Waals surface area contributed by atoms with Crippen LogP contribution in [-0.2, 0) is 25.7 Å². The van der Waals surface area contributed by atoms with E-state index in [0.29, 0.717) is 13.1 Å². The molecular weight excluding hydrogens is 556 g/mol. The lowest BCUT2D eigenvalue weighted by atomic mass is 9.97. The molecule has 0 saturated carbocycles. The number of anilines is 1. The van der Waals surface area contributed by atoms with Gasteiger partial charge in [0.2, 0.25) is 11.8 Å². The summed E-state index contributed by atoms with van der Waals surface area (Å²) in [7, 11) is 0. The van der Waals surface area contributed by atoms with Gasteiger partial charge in [0.05, 0.1) is 25.1 Å². The van der Waals surface area contributed by atoms with E-state index >= 15 is 0 Å². The number of hydrogen-bond donors (Lipinski definition) is 3. The zero-order valence-electron chi connectivity index (χ0n) is 24.5. The molecule has 1 unspecified atom stereocenters. The van der Waals surface area contributed by atoms with Crippen molar-refractivity contribution in [1.29, 1.82) is 0 Å². The Balaban J connectivity index is 0.00000442. The van der Waals surface area contributed by atoms with Crippen molar-refractivity contribution in [3.8, 4) is 0 Å². The van der Waals surface area contributed by atoms with E-state index in [-0.39, 0.29) is 32.4 Å². The second-order valence-electron chi connectivity index (χ2n) is 11.4. The molecule has 5 rings (SSSR count). The number of hydrogen-bond acceptors (Lipinski definition) is 6. The minimum Gasteiger partial charge on any atom is -0.374 e. The predicted molar refractivity (Wildman–Crippen MR) is 172 cm³/mol. The van der Waals surface area contributed by atoms with Gasteiger partial charge < -0.3 is 30.6 Å². The summed E-state index contributed by atoms with van der Waals surface area (Å²) in [6.07, 6.45) is 5.14. The number of likely N-dealkylation sites (tertiary alicyclic amines) is 1. The van der Waals surface area contributed by atoms with Crippen molar-refractivity contribution >= 4 is 34.3 Å². The first-order valence-corrected chi connectivity index (χ1v) is 14.5. The third kappa shape index (κ3) is 7.69. The van der Waals surface area contributed by atoms with Crippen LogP contribution in [0.3, 0.4) is 0 Å². The first-order chi connectivity index (χ1) is 20.7. The molecule has 44 heavy (non-hydrogen) atoms. The quantitative estimate of drug-likeness (QED) is 0.236. The zero-order valence-corrected chi connectivity index (χ0v) is 24.5. The Labute approximate surface area is 258 Å². The molecule has 0 spiro atoms. The van der Waals surface area contributed by atoms with Crippen LogP contribution in [-0.4, -0.2) is 63.4 Å². The van der Waals surface area contributed by atoms with E-state index in [9.17, 15) is 14.4 Å². The Morgan fingerprint density at radius 1 is 0.977 bits per heavy atom. The maximum Gasteiger partial charge on any atom is 0.250 e. The van der Waals surface area contributed by atoms with Crippen molar-refractivity contribution in [2.45, 2.75) is 58.3 Å². The molecule has 0 radical (unpaired) electrons. The molecule has 0 aliphatic carbocycles. The van der Waals surface area contributed by atoms with Crippen molar-refractivity contribution in [3.63, 3.8) is 0 Å². The summed E-state index contributed by atoms with van der Waals surface area (Å²) in [5, 5.41) is 7.49. The van der Waals surface area contributed by atoms with E-state index in [0.717, 1.165) is 34.7 Å². The Morgan fingerprint density at radius 2 is 1.66 bits per heavy atom. The van der Waals surface area contributed by atoms with Crippen LogP contribution >= 0.6 is 0 Å². The van der Waals surface area contributed by atoms with Gasteiger partial charge in [0.15, 0.2) is 5.82 Å². The average Bonchev–Trinajstić information content (AvgIpc) is 3.70. The zero-order chi connectivity index (χ0) is 30.4. The molecule has 4 aromatic rings. The number of nitrogens with one attached hydrogen (secondary N) is 2. The minimum absolute atomic E-state index is 0. The molecule has 1 fully saturated rings. The van der Waals surface area contributed by atoms with Crippen LogP contribution in [0.25, 0.3) is 10.8 Å². The van der Waals surface area contributed by atoms with E-state index < -0.39 is 29.4 Å². The summed E-state index contributed by atoms with van der Waals surface area (Å²) >= 11 is 0. The van der Waals surface area contributed by atoms with Crippen LogP contribution in [0, 0.1) is 0 Å².